The highest BCUT2D eigenvalue weighted by atomic mass is 32.1. The lowest BCUT2D eigenvalue weighted by atomic mass is 10.1. The van der Waals surface area contributed by atoms with Gasteiger partial charge in [0.05, 0.1) is 11.3 Å². The predicted molar refractivity (Wildman–Crippen MR) is 83.3 cm³/mol. The molecule has 0 aliphatic heterocycles. The largest absolute Gasteiger partial charge is 0.384 e. The molecule has 0 bridgehead atoms. The maximum atomic E-state index is 13.9. The normalized spacial score (nSPS) is 12.2. The van der Waals surface area contributed by atoms with Crippen molar-refractivity contribution < 1.29 is 4.39 Å². The first-order valence-corrected chi connectivity index (χ1v) is 7.26. The summed E-state index contributed by atoms with van der Waals surface area (Å²) in [7, 11) is 1.90. The van der Waals surface area contributed by atoms with Crippen molar-refractivity contribution in [3.8, 4) is 0 Å². The van der Waals surface area contributed by atoms with Crippen molar-refractivity contribution in [2.75, 3.05) is 11.9 Å². The van der Waals surface area contributed by atoms with E-state index in [1.807, 2.05) is 23.4 Å². The van der Waals surface area contributed by atoms with Crippen molar-refractivity contribution in [2.24, 2.45) is 5.73 Å². The molecule has 0 radical (unpaired) electrons. The van der Waals surface area contributed by atoms with Crippen molar-refractivity contribution in [3.63, 3.8) is 0 Å². The summed E-state index contributed by atoms with van der Waals surface area (Å²) >= 11 is 1.71. The summed E-state index contributed by atoms with van der Waals surface area (Å²) in [5.74, 6) is -0.696. The summed E-state index contributed by atoms with van der Waals surface area (Å²) in [6.07, 6.45) is 0.877. The minimum absolute atomic E-state index is 0.174. The minimum Gasteiger partial charge on any atom is -0.384 e. The van der Waals surface area contributed by atoms with Gasteiger partial charge >= 0.3 is 0 Å². The Morgan fingerprint density at radius 3 is 2.75 bits per heavy atom. The monoisotopic (exact) mass is 291 g/mol. The Morgan fingerprint density at radius 2 is 2.15 bits per heavy atom. The van der Waals surface area contributed by atoms with Crippen LogP contribution in [0.25, 0.3) is 0 Å². The zero-order chi connectivity index (χ0) is 14.7. The van der Waals surface area contributed by atoms with Gasteiger partial charge in [0, 0.05) is 24.4 Å². The van der Waals surface area contributed by atoms with Gasteiger partial charge in [-0.2, -0.15) is 0 Å². The number of thiophene rings is 1. The Kier molecular flexibility index (Phi) is 4.39. The van der Waals surface area contributed by atoms with Gasteiger partial charge in [-0.3, -0.25) is 5.41 Å². The summed E-state index contributed by atoms with van der Waals surface area (Å²) in [5.41, 5.74) is 6.34. The first-order valence-electron chi connectivity index (χ1n) is 6.39. The second kappa shape index (κ2) is 6.05. The Hall–Kier alpha value is -1.88. The first-order chi connectivity index (χ1) is 9.50. The average Bonchev–Trinajstić information content (AvgIpc) is 2.89. The van der Waals surface area contributed by atoms with Gasteiger partial charge in [-0.05, 0) is 30.5 Å². The third-order valence-electron chi connectivity index (χ3n) is 3.38. The van der Waals surface area contributed by atoms with E-state index in [2.05, 4.69) is 13.0 Å². The average molecular weight is 291 g/mol. The maximum Gasteiger partial charge on any atom is 0.136 e. The maximum absolute atomic E-state index is 13.9. The molecule has 2 rings (SSSR count). The lowest BCUT2D eigenvalue weighted by Gasteiger charge is -2.28. The quantitative estimate of drug-likeness (QED) is 0.656. The summed E-state index contributed by atoms with van der Waals surface area (Å²) in [5, 5.41) is 9.61. The Bertz CT molecular complexity index is 595. The van der Waals surface area contributed by atoms with Gasteiger partial charge in [0.25, 0.3) is 0 Å². The second-order valence-electron chi connectivity index (χ2n) is 4.79. The molecule has 1 aromatic carbocycles. The summed E-state index contributed by atoms with van der Waals surface area (Å²) in [4.78, 5) is 3.25. The lowest BCUT2D eigenvalue weighted by molar-refractivity contribution is 0.620. The molecule has 1 heterocycles. The molecule has 0 fully saturated rings. The van der Waals surface area contributed by atoms with Crippen LogP contribution in [0.5, 0.6) is 0 Å². The summed E-state index contributed by atoms with van der Waals surface area (Å²) in [6, 6.07) is 9.07. The van der Waals surface area contributed by atoms with Crippen LogP contribution < -0.4 is 10.6 Å². The first kappa shape index (κ1) is 14.5. The van der Waals surface area contributed by atoms with E-state index < -0.39 is 5.82 Å². The predicted octanol–water partition coefficient (Wildman–Crippen LogP) is 3.24. The number of anilines is 1. The highest BCUT2D eigenvalue weighted by Gasteiger charge is 2.18. The third kappa shape index (κ3) is 2.99. The van der Waals surface area contributed by atoms with Crippen LogP contribution in [0.3, 0.4) is 0 Å². The number of nitrogens with one attached hydrogen (secondary N) is 1. The van der Waals surface area contributed by atoms with Crippen molar-refractivity contribution in [1.82, 2.24) is 0 Å². The topological polar surface area (TPSA) is 53.1 Å². The molecule has 20 heavy (non-hydrogen) atoms. The molecule has 0 saturated heterocycles. The van der Waals surface area contributed by atoms with Gasteiger partial charge in [0.1, 0.15) is 11.7 Å². The van der Waals surface area contributed by atoms with Crippen LogP contribution in [0.1, 0.15) is 17.4 Å². The van der Waals surface area contributed by atoms with Crippen molar-refractivity contribution in [3.05, 3.63) is 52.0 Å². The molecule has 106 valence electrons. The van der Waals surface area contributed by atoms with E-state index in [9.17, 15) is 4.39 Å². The molecule has 3 nitrogen and oxygen atoms in total. The molecule has 0 spiro atoms. The molecular weight excluding hydrogens is 273 g/mol. The van der Waals surface area contributed by atoms with Crippen LogP contribution in [0.2, 0.25) is 0 Å². The minimum atomic E-state index is -0.454. The molecule has 0 amide bonds. The van der Waals surface area contributed by atoms with Crippen LogP contribution in [0.4, 0.5) is 10.1 Å². The molecule has 1 atom stereocenters. The molecule has 1 unspecified atom stereocenters. The van der Waals surface area contributed by atoms with Crippen LogP contribution in [-0.2, 0) is 6.42 Å². The molecular formula is C15H18FN3S. The van der Waals surface area contributed by atoms with Crippen LogP contribution >= 0.6 is 11.3 Å². The van der Waals surface area contributed by atoms with Crippen molar-refractivity contribution in [2.45, 2.75) is 19.4 Å². The lowest BCUT2D eigenvalue weighted by Crippen LogP contribution is -2.32. The third-order valence-corrected chi connectivity index (χ3v) is 4.28. The number of amidine groups is 1. The van der Waals surface area contributed by atoms with Gasteiger partial charge < -0.3 is 10.6 Å². The smallest absolute Gasteiger partial charge is 0.136 e. The number of hydrogen-bond acceptors (Lipinski definition) is 3. The van der Waals surface area contributed by atoms with E-state index in [0.717, 1.165) is 6.42 Å². The fraction of sp³-hybridized carbons (Fsp3) is 0.267. The van der Waals surface area contributed by atoms with Gasteiger partial charge in [0.2, 0.25) is 0 Å². The fourth-order valence-electron chi connectivity index (χ4n) is 2.17. The highest BCUT2D eigenvalue weighted by molar-refractivity contribution is 7.09. The number of rotatable bonds is 5. The van der Waals surface area contributed by atoms with E-state index in [-0.39, 0.29) is 17.4 Å². The molecule has 2 aromatic rings. The standard InChI is InChI=1S/C15H18FN3S/c1-10(9-11-5-4-8-20-11)19(2)13-7-3-6-12(16)14(13)15(17)18/h3-8,10H,9H2,1-2H3,(H3,17,18). The molecule has 0 aliphatic rings. The number of hydrogen-bond donors (Lipinski definition) is 2. The number of halogens is 1. The van der Waals surface area contributed by atoms with Gasteiger partial charge in [-0.15, -0.1) is 11.3 Å². The molecule has 0 aliphatic carbocycles. The molecule has 5 heteroatoms. The Morgan fingerprint density at radius 1 is 1.40 bits per heavy atom. The summed E-state index contributed by atoms with van der Waals surface area (Å²) in [6.45, 7) is 2.08. The zero-order valence-corrected chi connectivity index (χ0v) is 12.4. The number of likely N-dealkylation sites (N-methyl/N-ethyl adjacent to an activating group) is 1. The number of nitrogen functional groups attached to an aromatic ring is 1. The van der Waals surface area contributed by atoms with E-state index in [0.29, 0.717) is 5.69 Å². The zero-order valence-electron chi connectivity index (χ0n) is 11.6. The number of nitrogens with zero attached hydrogens (tertiary/aromatic N) is 1. The van der Waals surface area contributed by atoms with Gasteiger partial charge in [-0.25, -0.2) is 4.39 Å². The van der Waals surface area contributed by atoms with Crippen LogP contribution in [0, 0.1) is 11.2 Å². The highest BCUT2D eigenvalue weighted by Crippen LogP contribution is 2.25. The van der Waals surface area contributed by atoms with Crippen molar-refractivity contribution >= 4 is 22.9 Å². The van der Waals surface area contributed by atoms with E-state index in [4.69, 9.17) is 11.1 Å². The Balaban J connectivity index is 2.26. The van der Waals surface area contributed by atoms with Gasteiger partial charge in [0.15, 0.2) is 0 Å². The molecule has 3 N–H and O–H groups in total. The second-order valence-corrected chi connectivity index (χ2v) is 5.82. The van der Waals surface area contributed by atoms with Crippen LogP contribution in [-0.4, -0.2) is 18.9 Å². The van der Waals surface area contributed by atoms with Gasteiger partial charge in [-0.1, -0.05) is 12.1 Å². The summed E-state index contributed by atoms with van der Waals surface area (Å²) < 4.78 is 13.9. The van der Waals surface area contributed by atoms with Crippen molar-refractivity contribution in [1.29, 1.82) is 5.41 Å². The molecule has 0 saturated carbocycles. The number of nitrogens with two attached hydrogens (primary N) is 1. The SMILES string of the molecule is CC(Cc1cccs1)N(C)c1cccc(F)c1C(=N)N. The Labute approximate surface area is 122 Å². The molecule has 1 aromatic heterocycles. The van der Waals surface area contributed by atoms with E-state index in [1.54, 1.807) is 23.5 Å². The number of benzene rings is 1. The fourth-order valence-corrected chi connectivity index (χ4v) is 2.99. The van der Waals surface area contributed by atoms with E-state index >= 15 is 0 Å². The van der Waals surface area contributed by atoms with Crippen LogP contribution in [0.15, 0.2) is 35.7 Å². The van der Waals surface area contributed by atoms with E-state index in [1.165, 1.54) is 10.9 Å².